The van der Waals surface area contributed by atoms with Crippen LogP contribution in [-0.4, -0.2) is 23.4 Å². The summed E-state index contributed by atoms with van der Waals surface area (Å²) in [5, 5.41) is 3.59. The monoisotopic (exact) mass is 581 g/mol. The van der Waals surface area contributed by atoms with Crippen molar-refractivity contribution >= 4 is 11.6 Å². The lowest BCUT2D eigenvalue weighted by Gasteiger charge is -2.31. The van der Waals surface area contributed by atoms with E-state index in [2.05, 4.69) is 30.7 Å². The minimum atomic E-state index is -4.27. The fraction of sp³-hybridized carbons (Fsp3) is 0.387. The maximum atomic E-state index is 14.4. The number of alkyl halides is 4. The van der Waals surface area contributed by atoms with E-state index in [-0.39, 0.29) is 12.0 Å². The molecule has 3 nitrogen and oxygen atoms in total. The number of aromatic nitrogens is 1. The van der Waals surface area contributed by atoms with E-state index in [0.717, 1.165) is 18.3 Å². The number of nitrogens with two attached hydrogens (primary N) is 1. The number of nitrogens with zero attached hydrogens (tertiary/aromatic N) is 1. The van der Waals surface area contributed by atoms with Gasteiger partial charge in [-0.1, -0.05) is 68.0 Å². The van der Waals surface area contributed by atoms with Crippen LogP contribution in [0, 0.1) is 11.7 Å². The molecular weight excluding hydrogens is 545 g/mol. The van der Waals surface area contributed by atoms with Crippen LogP contribution >= 0.6 is 11.6 Å². The van der Waals surface area contributed by atoms with Gasteiger partial charge in [-0.15, -0.1) is 0 Å². The van der Waals surface area contributed by atoms with Crippen LogP contribution in [0.25, 0.3) is 0 Å². The Morgan fingerprint density at radius 3 is 2.42 bits per heavy atom. The molecule has 9 heteroatoms. The zero-order valence-electron chi connectivity index (χ0n) is 23.2. The normalized spacial score (nSPS) is 17.1. The van der Waals surface area contributed by atoms with E-state index in [4.69, 9.17) is 17.3 Å². The number of halogens is 6. The first-order chi connectivity index (χ1) is 18.7. The summed E-state index contributed by atoms with van der Waals surface area (Å²) in [6, 6.07) is 7.21. The van der Waals surface area contributed by atoms with Gasteiger partial charge in [0.15, 0.2) is 0 Å². The van der Waals surface area contributed by atoms with E-state index in [9.17, 15) is 22.0 Å². The Bertz CT molecular complexity index is 1220. The van der Waals surface area contributed by atoms with Crippen LogP contribution in [0.3, 0.4) is 0 Å². The van der Waals surface area contributed by atoms with Crippen LogP contribution in [0.4, 0.5) is 22.0 Å². The second-order valence-electron chi connectivity index (χ2n) is 10.4. The summed E-state index contributed by atoms with van der Waals surface area (Å²) in [4.78, 5) is 4.34. The van der Waals surface area contributed by atoms with Crippen molar-refractivity contribution in [3.63, 3.8) is 0 Å². The van der Waals surface area contributed by atoms with E-state index in [0.29, 0.717) is 33.8 Å². The molecule has 0 radical (unpaired) electrons. The lowest BCUT2D eigenvalue weighted by atomic mass is 9.73. The molecule has 0 aliphatic carbocycles. The Morgan fingerprint density at radius 2 is 1.93 bits per heavy atom. The number of allylic oxidation sites excluding steroid dienone is 5. The SMILES string of the molecule is C=C(/C=C\C=C/C)C[C@](C)(c1cc(F)cc(CC(F)(F)C(F)F)c1)c1ccc(Cl)cn1.CC(C)[C@@H]1CC=C(N)N1. The number of hydrogen-bond acceptors (Lipinski definition) is 3. The molecule has 2 heterocycles. The van der Waals surface area contributed by atoms with Gasteiger partial charge >= 0.3 is 12.3 Å². The summed E-state index contributed by atoms with van der Waals surface area (Å²) >= 11 is 5.94. The number of benzene rings is 1. The van der Waals surface area contributed by atoms with Crippen molar-refractivity contribution in [2.24, 2.45) is 11.7 Å². The lowest BCUT2D eigenvalue weighted by molar-refractivity contribution is -0.127. The summed E-state index contributed by atoms with van der Waals surface area (Å²) in [5.74, 6) is -3.54. The molecule has 1 aromatic heterocycles. The third-order valence-corrected chi connectivity index (χ3v) is 6.83. The molecule has 40 heavy (non-hydrogen) atoms. The zero-order valence-corrected chi connectivity index (χ0v) is 24.0. The molecule has 3 N–H and O–H groups in total. The van der Waals surface area contributed by atoms with E-state index >= 15 is 0 Å². The summed E-state index contributed by atoms with van der Waals surface area (Å²) in [6.45, 7) is 12.0. The molecule has 0 amide bonds. The van der Waals surface area contributed by atoms with Crippen molar-refractivity contribution in [3.05, 3.63) is 113 Å². The third-order valence-electron chi connectivity index (χ3n) is 6.61. The molecule has 3 rings (SSSR count). The largest absolute Gasteiger partial charge is 0.386 e. The molecule has 0 fully saturated rings. The highest BCUT2D eigenvalue weighted by Gasteiger charge is 2.41. The summed E-state index contributed by atoms with van der Waals surface area (Å²) in [7, 11) is 0. The predicted molar refractivity (Wildman–Crippen MR) is 153 cm³/mol. The highest BCUT2D eigenvalue weighted by Crippen LogP contribution is 2.39. The van der Waals surface area contributed by atoms with Gasteiger partial charge in [0, 0.05) is 24.1 Å². The Kier molecular flexibility index (Phi) is 12.0. The van der Waals surface area contributed by atoms with Gasteiger partial charge in [0.25, 0.3) is 0 Å². The van der Waals surface area contributed by atoms with E-state index in [1.165, 1.54) is 18.3 Å². The van der Waals surface area contributed by atoms with Crippen LogP contribution in [0.1, 0.15) is 57.4 Å². The van der Waals surface area contributed by atoms with Crippen LogP contribution < -0.4 is 11.1 Å². The van der Waals surface area contributed by atoms with Crippen LogP contribution in [0.2, 0.25) is 5.02 Å². The second-order valence-corrected chi connectivity index (χ2v) is 10.8. The Balaban J connectivity index is 0.000000526. The van der Waals surface area contributed by atoms with Gasteiger partial charge < -0.3 is 11.1 Å². The molecule has 0 unspecified atom stereocenters. The zero-order chi connectivity index (χ0) is 30.1. The first-order valence-electron chi connectivity index (χ1n) is 12.9. The molecule has 0 bridgehead atoms. The summed E-state index contributed by atoms with van der Waals surface area (Å²) < 4.78 is 66.9. The first-order valence-corrected chi connectivity index (χ1v) is 13.3. The van der Waals surface area contributed by atoms with Gasteiger partial charge in [-0.2, -0.15) is 8.78 Å². The average molecular weight is 582 g/mol. The smallest absolute Gasteiger partial charge is 0.311 e. The molecule has 2 atom stereocenters. The maximum Gasteiger partial charge on any atom is 0.311 e. The molecule has 0 saturated carbocycles. The lowest BCUT2D eigenvalue weighted by Crippen LogP contribution is -2.30. The van der Waals surface area contributed by atoms with Crippen molar-refractivity contribution in [1.29, 1.82) is 0 Å². The molecule has 1 aromatic carbocycles. The molecule has 0 spiro atoms. The molecule has 0 saturated heterocycles. The van der Waals surface area contributed by atoms with Crippen molar-refractivity contribution in [2.45, 2.75) is 70.8 Å². The Labute approximate surface area is 238 Å². The predicted octanol–water partition coefficient (Wildman–Crippen LogP) is 8.51. The fourth-order valence-corrected chi connectivity index (χ4v) is 4.42. The highest BCUT2D eigenvalue weighted by atomic mass is 35.5. The molecule has 1 aliphatic rings. The maximum absolute atomic E-state index is 14.4. The van der Waals surface area contributed by atoms with E-state index in [1.807, 2.05) is 25.2 Å². The standard InChI is InChI=1S/C24H23ClF5N.C7H14N2/c1-4-5-6-7-16(2)13-23(3,21-9-8-19(25)15-31-21)18-10-17(11-20(26)12-18)14-24(29,30)22(27)28;1-5(2)6-3-4-7(8)9-6/h4-12,15,22H,2,13-14H2,1,3H3;4-6,9H,3,8H2,1-2H3/b5-4-,7-6-;/t23-;6-/m10/s1. The van der Waals surface area contributed by atoms with Crippen molar-refractivity contribution < 1.29 is 22.0 Å². The van der Waals surface area contributed by atoms with Crippen LogP contribution in [0.15, 0.2) is 84.9 Å². The highest BCUT2D eigenvalue weighted by molar-refractivity contribution is 6.30. The summed E-state index contributed by atoms with van der Waals surface area (Å²) in [6.07, 6.45) is 6.94. The van der Waals surface area contributed by atoms with E-state index < -0.39 is 30.0 Å². The minimum absolute atomic E-state index is 0.226. The number of hydrogen-bond donors (Lipinski definition) is 2. The molecule has 218 valence electrons. The van der Waals surface area contributed by atoms with Gasteiger partial charge in [0.05, 0.1) is 16.5 Å². The Hall–Kier alpha value is -3.13. The Morgan fingerprint density at radius 1 is 1.23 bits per heavy atom. The molecule has 2 aromatic rings. The topological polar surface area (TPSA) is 50.9 Å². The van der Waals surface area contributed by atoms with Gasteiger partial charge in [0.2, 0.25) is 0 Å². The van der Waals surface area contributed by atoms with Crippen LogP contribution in [0.5, 0.6) is 0 Å². The quantitative estimate of drug-likeness (QED) is 0.218. The fourth-order valence-electron chi connectivity index (χ4n) is 4.30. The molecular formula is C31H37ClF5N3. The number of pyridine rings is 1. The van der Waals surface area contributed by atoms with Crippen molar-refractivity contribution in [3.8, 4) is 0 Å². The minimum Gasteiger partial charge on any atom is -0.386 e. The second kappa shape index (κ2) is 14.5. The van der Waals surface area contributed by atoms with Gasteiger partial charge in [-0.3, -0.25) is 4.98 Å². The average Bonchev–Trinajstić information content (AvgIpc) is 3.31. The number of nitrogens with one attached hydrogen (secondary N) is 1. The van der Waals surface area contributed by atoms with Crippen molar-refractivity contribution in [1.82, 2.24) is 10.3 Å². The van der Waals surface area contributed by atoms with Gasteiger partial charge in [0.1, 0.15) is 5.82 Å². The third kappa shape index (κ3) is 9.51. The van der Waals surface area contributed by atoms with Gasteiger partial charge in [-0.05, 0) is 74.1 Å². The molecule has 1 aliphatic heterocycles. The number of rotatable bonds is 10. The van der Waals surface area contributed by atoms with Crippen LogP contribution in [-0.2, 0) is 11.8 Å². The first kappa shape index (κ1) is 33.1. The van der Waals surface area contributed by atoms with Gasteiger partial charge in [-0.25, -0.2) is 13.2 Å². The van der Waals surface area contributed by atoms with Crippen molar-refractivity contribution in [2.75, 3.05) is 0 Å². The van der Waals surface area contributed by atoms with E-state index in [1.54, 1.807) is 31.2 Å². The summed E-state index contributed by atoms with van der Waals surface area (Å²) in [5.41, 5.74) is 5.83.